The fourth-order valence-corrected chi connectivity index (χ4v) is 3.51. The second kappa shape index (κ2) is 4.37. The summed E-state index contributed by atoms with van der Waals surface area (Å²) >= 11 is 0. The van der Waals surface area contributed by atoms with Crippen LogP contribution in [0.2, 0.25) is 0 Å². The maximum absolute atomic E-state index is 12.6. The van der Waals surface area contributed by atoms with Crippen LogP contribution >= 0.6 is 0 Å². The minimum Gasteiger partial charge on any atom is -0.340 e. The number of hydrogen-bond acceptors (Lipinski definition) is 4. The van der Waals surface area contributed by atoms with Gasteiger partial charge in [-0.3, -0.25) is 4.79 Å². The van der Waals surface area contributed by atoms with E-state index in [4.69, 9.17) is 5.73 Å². The zero-order valence-corrected chi connectivity index (χ0v) is 10.8. The van der Waals surface area contributed by atoms with Gasteiger partial charge in [0.1, 0.15) is 0 Å². The lowest BCUT2D eigenvalue weighted by molar-refractivity contribution is -0.193. The van der Waals surface area contributed by atoms with Crippen LogP contribution < -0.4 is 5.73 Å². The van der Waals surface area contributed by atoms with Crippen molar-refractivity contribution in [2.45, 2.75) is 31.1 Å². The van der Waals surface area contributed by atoms with Crippen LogP contribution in [0.1, 0.15) is 13.3 Å². The van der Waals surface area contributed by atoms with Gasteiger partial charge < -0.3 is 10.6 Å². The molecule has 1 amide bonds. The van der Waals surface area contributed by atoms with Crippen LogP contribution in [-0.4, -0.2) is 55.5 Å². The number of hydrogen-bond donors (Lipinski definition) is 1. The molecule has 9 heteroatoms. The van der Waals surface area contributed by atoms with E-state index >= 15 is 0 Å². The summed E-state index contributed by atoms with van der Waals surface area (Å²) < 4.78 is 60.2. The molecule has 1 rings (SSSR count). The van der Waals surface area contributed by atoms with E-state index in [0.717, 1.165) is 11.9 Å². The number of nitrogens with two attached hydrogens (primary N) is 1. The largest absolute Gasteiger partial charge is 0.415 e. The van der Waals surface area contributed by atoms with Gasteiger partial charge in [0.25, 0.3) is 5.91 Å². The summed E-state index contributed by atoms with van der Waals surface area (Å²) in [4.78, 5) is 12.5. The molecule has 18 heavy (non-hydrogen) atoms. The number of likely N-dealkylation sites (N-methyl/N-ethyl adjacent to an activating group) is 1. The summed E-state index contributed by atoms with van der Waals surface area (Å²) in [5.41, 5.74) is 2.00. The molecule has 0 spiro atoms. The van der Waals surface area contributed by atoms with Crippen LogP contribution in [0.15, 0.2) is 0 Å². The summed E-state index contributed by atoms with van der Waals surface area (Å²) in [6.07, 6.45) is -4.74. The number of halogens is 3. The van der Waals surface area contributed by atoms with Gasteiger partial charge in [-0.25, -0.2) is 8.42 Å². The number of alkyl halides is 3. The molecule has 1 heterocycles. The molecule has 1 saturated heterocycles. The molecule has 0 aliphatic carbocycles. The van der Waals surface area contributed by atoms with Crippen molar-refractivity contribution < 1.29 is 26.4 Å². The molecule has 0 radical (unpaired) electrons. The van der Waals surface area contributed by atoms with Gasteiger partial charge in [0, 0.05) is 13.1 Å². The van der Waals surface area contributed by atoms with E-state index in [0.29, 0.717) is 6.92 Å². The van der Waals surface area contributed by atoms with Gasteiger partial charge in [0.2, 0.25) is 0 Å². The first-order valence-electron chi connectivity index (χ1n) is 5.22. The van der Waals surface area contributed by atoms with Gasteiger partial charge in [-0.05, 0) is 13.3 Å². The van der Waals surface area contributed by atoms with E-state index in [2.05, 4.69) is 0 Å². The fourth-order valence-electron chi connectivity index (χ4n) is 1.73. The number of rotatable bonds is 2. The lowest BCUT2D eigenvalue weighted by Gasteiger charge is -2.33. The van der Waals surface area contributed by atoms with Crippen molar-refractivity contribution in [2.24, 2.45) is 5.73 Å². The van der Waals surface area contributed by atoms with Crippen molar-refractivity contribution in [1.29, 1.82) is 0 Å². The van der Waals surface area contributed by atoms with E-state index in [1.54, 1.807) is 0 Å². The van der Waals surface area contributed by atoms with Crippen molar-refractivity contribution >= 4 is 15.7 Å². The molecular weight excluding hydrogens is 273 g/mol. The highest BCUT2D eigenvalue weighted by Gasteiger charge is 2.55. The standard InChI is InChI=1S/C9H15F3N2O3S/c1-8(13,9(10,11)12)7(15)14(2)6-3-4-18(16,17)5-6/h6H,3-5,13H2,1-2H3. The summed E-state index contributed by atoms with van der Waals surface area (Å²) in [5.74, 6) is -1.76. The summed E-state index contributed by atoms with van der Waals surface area (Å²) in [7, 11) is -2.13. The van der Waals surface area contributed by atoms with E-state index in [9.17, 15) is 26.4 Å². The van der Waals surface area contributed by atoms with Crippen LogP contribution in [-0.2, 0) is 14.6 Å². The van der Waals surface area contributed by atoms with Crippen LogP contribution in [0, 0.1) is 0 Å². The molecule has 1 aliphatic heterocycles. The Morgan fingerprint density at radius 3 is 2.22 bits per heavy atom. The molecule has 0 aromatic carbocycles. The average Bonchev–Trinajstić information content (AvgIpc) is 2.54. The Balaban J connectivity index is 2.86. The molecule has 5 nitrogen and oxygen atoms in total. The summed E-state index contributed by atoms with van der Waals surface area (Å²) in [6.45, 7) is 0.579. The first kappa shape index (κ1) is 15.2. The Morgan fingerprint density at radius 1 is 1.39 bits per heavy atom. The van der Waals surface area contributed by atoms with Crippen LogP contribution in [0.3, 0.4) is 0 Å². The molecular formula is C9H15F3N2O3S. The van der Waals surface area contributed by atoms with Gasteiger partial charge in [-0.15, -0.1) is 0 Å². The third-order valence-corrected chi connectivity index (χ3v) is 4.86. The highest BCUT2D eigenvalue weighted by molar-refractivity contribution is 7.91. The predicted molar refractivity (Wildman–Crippen MR) is 58.5 cm³/mol. The molecule has 0 aromatic heterocycles. The number of carbonyl (C=O) groups is 1. The highest BCUT2D eigenvalue weighted by Crippen LogP contribution is 2.30. The molecule has 106 valence electrons. The Morgan fingerprint density at radius 2 is 1.89 bits per heavy atom. The second-order valence-corrected chi connectivity index (χ2v) is 6.90. The van der Waals surface area contributed by atoms with Crippen molar-refractivity contribution in [3.05, 3.63) is 0 Å². The lowest BCUT2D eigenvalue weighted by atomic mass is 10.0. The topological polar surface area (TPSA) is 80.5 Å². The number of sulfone groups is 1. The Kier molecular flexibility index (Phi) is 3.70. The predicted octanol–water partition coefficient (Wildman–Crippen LogP) is -0.0884. The Labute approximate surface area is 103 Å². The molecule has 2 atom stereocenters. The fraction of sp³-hybridized carbons (Fsp3) is 0.889. The highest BCUT2D eigenvalue weighted by atomic mass is 32.2. The first-order chi connectivity index (χ1) is 7.88. The summed E-state index contributed by atoms with van der Waals surface area (Å²) in [5, 5.41) is 0. The molecule has 0 bridgehead atoms. The maximum Gasteiger partial charge on any atom is 0.415 e. The Bertz CT molecular complexity index is 444. The molecule has 2 N–H and O–H groups in total. The van der Waals surface area contributed by atoms with Crippen LogP contribution in [0.25, 0.3) is 0 Å². The Hall–Kier alpha value is -0.830. The molecule has 1 fully saturated rings. The zero-order chi connectivity index (χ0) is 14.4. The van der Waals surface area contributed by atoms with E-state index in [1.165, 1.54) is 0 Å². The van der Waals surface area contributed by atoms with Crippen molar-refractivity contribution in [3.63, 3.8) is 0 Å². The van der Waals surface area contributed by atoms with Gasteiger partial charge in [0.15, 0.2) is 15.4 Å². The monoisotopic (exact) mass is 288 g/mol. The minimum atomic E-state index is -4.88. The van der Waals surface area contributed by atoms with Gasteiger partial charge in [-0.1, -0.05) is 0 Å². The number of amides is 1. The van der Waals surface area contributed by atoms with Crippen LogP contribution in [0.4, 0.5) is 13.2 Å². The maximum atomic E-state index is 12.6. The molecule has 2 unspecified atom stereocenters. The van der Waals surface area contributed by atoms with Crippen molar-refractivity contribution in [2.75, 3.05) is 18.6 Å². The molecule has 0 aromatic rings. The quantitative estimate of drug-likeness (QED) is 0.770. The molecule has 1 aliphatic rings. The summed E-state index contributed by atoms with van der Waals surface area (Å²) in [6, 6.07) is -0.743. The van der Waals surface area contributed by atoms with Gasteiger partial charge in [-0.2, -0.15) is 13.2 Å². The van der Waals surface area contributed by atoms with E-state index in [1.807, 2.05) is 0 Å². The lowest BCUT2D eigenvalue weighted by Crippen LogP contribution is -2.63. The third-order valence-electron chi connectivity index (χ3n) is 3.11. The first-order valence-corrected chi connectivity index (χ1v) is 7.04. The SMILES string of the molecule is CN(C(=O)C(C)(N)C(F)(F)F)C1CCS(=O)(=O)C1. The van der Waals surface area contributed by atoms with Gasteiger partial charge in [0.05, 0.1) is 11.5 Å². The van der Waals surface area contributed by atoms with Gasteiger partial charge >= 0.3 is 6.18 Å². The van der Waals surface area contributed by atoms with E-state index in [-0.39, 0.29) is 17.9 Å². The third kappa shape index (κ3) is 2.77. The normalized spacial score (nSPS) is 26.7. The average molecular weight is 288 g/mol. The van der Waals surface area contributed by atoms with Crippen LogP contribution in [0.5, 0.6) is 0 Å². The number of nitrogens with zero attached hydrogens (tertiary/aromatic N) is 1. The zero-order valence-electron chi connectivity index (χ0n) is 9.99. The van der Waals surface area contributed by atoms with Crippen molar-refractivity contribution in [3.8, 4) is 0 Å². The number of carbonyl (C=O) groups excluding carboxylic acids is 1. The van der Waals surface area contributed by atoms with E-state index < -0.39 is 33.5 Å². The molecule has 0 saturated carbocycles. The van der Waals surface area contributed by atoms with Crippen molar-refractivity contribution in [1.82, 2.24) is 4.90 Å². The second-order valence-electron chi connectivity index (χ2n) is 4.67. The smallest absolute Gasteiger partial charge is 0.340 e. The minimum absolute atomic E-state index is 0.122.